The van der Waals surface area contributed by atoms with Crippen molar-refractivity contribution in [3.63, 3.8) is 0 Å². The molecule has 3 rings (SSSR count). The number of hydrogen-bond acceptors (Lipinski definition) is 4. The Morgan fingerprint density at radius 3 is 2.52 bits per heavy atom. The Labute approximate surface area is 205 Å². The Balaban J connectivity index is 0.00000341. The summed E-state index contributed by atoms with van der Waals surface area (Å²) in [4.78, 5) is 25.2. The van der Waals surface area contributed by atoms with E-state index in [1.165, 1.54) is 0 Å². The smallest absolute Gasteiger partial charge is 0.227 e. The van der Waals surface area contributed by atoms with Gasteiger partial charge in [-0.25, -0.2) is 0 Å². The Hall–Kier alpha value is -1.91. The van der Waals surface area contributed by atoms with Crippen molar-refractivity contribution < 1.29 is 9.90 Å². The molecule has 1 amide bonds. The molecule has 0 saturated carbocycles. The molecular weight excluding hydrogens is 529 g/mol. The number of aliphatic hydroxyl groups is 1. The fourth-order valence-electron chi connectivity index (χ4n) is 3.39. The van der Waals surface area contributed by atoms with E-state index in [4.69, 9.17) is 11.6 Å². The van der Waals surface area contributed by atoms with Crippen LogP contribution in [-0.4, -0.2) is 71.0 Å². The number of nitrogens with one attached hydrogen (secondary N) is 1. The first-order valence-corrected chi connectivity index (χ1v) is 10.6. The van der Waals surface area contributed by atoms with E-state index in [2.05, 4.69) is 20.2 Å². The molecule has 31 heavy (non-hydrogen) atoms. The van der Waals surface area contributed by atoms with Crippen molar-refractivity contribution in [2.75, 3.05) is 39.3 Å². The molecule has 1 aromatic heterocycles. The first-order chi connectivity index (χ1) is 14.6. The highest BCUT2D eigenvalue weighted by Gasteiger charge is 2.23. The fourth-order valence-corrected chi connectivity index (χ4v) is 3.60. The summed E-state index contributed by atoms with van der Waals surface area (Å²) in [5.74, 6) is 0.861. The molecule has 1 aromatic carbocycles. The average molecular weight is 558 g/mol. The summed E-state index contributed by atoms with van der Waals surface area (Å²) in [6, 6.07) is 11.0. The number of piperazine rings is 1. The van der Waals surface area contributed by atoms with Gasteiger partial charge in [0.25, 0.3) is 0 Å². The third-order valence-corrected chi connectivity index (χ3v) is 5.25. The maximum atomic E-state index is 12.6. The number of aliphatic hydroxyl groups excluding tert-OH is 1. The van der Waals surface area contributed by atoms with Crippen LogP contribution in [0.1, 0.15) is 24.2 Å². The first kappa shape index (κ1) is 25.4. The quantitative estimate of drug-likeness (QED) is 0.324. The molecular formula is C22H29ClIN5O2. The van der Waals surface area contributed by atoms with Crippen molar-refractivity contribution in [3.8, 4) is 0 Å². The maximum absolute atomic E-state index is 12.6. The number of aromatic nitrogens is 1. The number of benzene rings is 1. The van der Waals surface area contributed by atoms with Crippen LogP contribution in [0.4, 0.5) is 0 Å². The van der Waals surface area contributed by atoms with Gasteiger partial charge in [0.2, 0.25) is 5.91 Å². The topological polar surface area (TPSA) is 81.1 Å². The van der Waals surface area contributed by atoms with Crippen LogP contribution in [0.5, 0.6) is 0 Å². The predicted molar refractivity (Wildman–Crippen MR) is 134 cm³/mol. The fraction of sp³-hybridized carbons (Fsp3) is 0.409. The third-order valence-electron chi connectivity index (χ3n) is 5.02. The van der Waals surface area contributed by atoms with Gasteiger partial charge in [-0.1, -0.05) is 23.7 Å². The highest BCUT2D eigenvalue weighted by atomic mass is 127. The second-order valence-electron chi connectivity index (χ2n) is 7.17. The molecule has 2 heterocycles. The van der Waals surface area contributed by atoms with Crippen molar-refractivity contribution >= 4 is 47.4 Å². The zero-order valence-electron chi connectivity index (χ0n) is 17.6. The molecule has 1 atom stereocenters. The molecule has 7 nitrogen and oxygen atoms in total. The molecule has 1 saturated heterocycles. The van der Waals surface area contributed by atoms with Gasteiger partial charge in [-0.2, -0.15) is 0 Å². The monoisotopic (exact) mass is 557 g/mol. The van der Waals surface area contributed by atoms with Crippen LogP contribution in [0.2, 0.25) is 5.02 Å². The lowest BCUT2D eigenvalue weighted by molar-refractivity contribution is -0.131. The van der Waals surface area contributed by atoms with E-state index in [1.54, 1.807) is 24.5 Å². The van der Waals surface area contributed by atoms with Crippen LogP contribution in [0.25, 0.3) is 0 Å². The normalized spacial score (nSPS) is 15.3. The van der Waals surface area contributed by atoms with Gasteiger partial charge < -0.3 is 20.2 Å². The molecule has 0 radical (unpaired) electrons. The molecule has 168 valence electrons. The summed E-state index contributed by atoms with van der Waals surface area (Å²) in [5.41, 5.74) is 1.72. The molecule has 1 unspecified atom stereocenters. The van der Waals surface area contributed by atoms with E-state index >= 15 is 0 Å². The van der Waals surface area contributed by atoms with Crippen molar-refractivity contribution in [1.29, 1.82) is 0 Å². The Kier molecular flexibility index (Phi) is 10.5. The first-order valence-electron chi connectivity index (χ1n) is 10.2. The Morgan fingerprint density at radius 2 is 1.87 bits per heavy atom. The zero-order chi connectivity index (χ0) is 21.3. The van der Waals surface area contributed by atoms with Crippen LogP contribution in [-0.2, 0) is 11.2 Å². The summed E-state index contributed by atoms with van der Waals surface area (Å²) in [6.07, 6.45) is 3.00. The molecule has 2 N–H and O–H groups in total. The number of carbonyl (C=O) groups is 1. The second-order valence-corrected chi connectivity index (χ2v) is 7.60. The van der Waals surface area contributed by atoms with E-state index in [1.807, 2.05) is 36.1 Å². The Bertz CT molecular complexity index is 860. The summed E-state index contributed by atoms with van der Waals surface area (Å²) < 4.78 is 0. The highest BCUT2D eigenvalue weighted by molar-refractivity contribution is 14.0. The number of nitrogens with zero attached hydrogens (tertiary/aromatic N) is 4. The predicted octanol–water partition coefficient (Wildman–Crippen LogP) is 2.74. The standard InChI is InChI=1S/C22H28ClN5O2.HI/c1-2-25-22(26-16-20(29)18-6-8-24-9-7-18)28-12-10-27(11-13-28)21(30)15-17-4-3-5-19(23)14-17;/h3-9,14,20,29H,2,10-13,15-16H2,1H3,(H,25,26);1H. The van der Waals surface area contributed by atoms with Crippen molar-refractivity contribution in [3.05, 3.63) is 64.9 Å². The summed E-state index contributed by atoms with van der Waals surface area (Å²) in [5, 5.41) is 14.3. The number of pyridine rings is 1. The van der Waals surface area contributed by atoms with Crippen LogP contribution in [0.15, 0.2) is 53.8 Å². The van der Waals surface area contributed by atoms with Gasteiger partial charge >= 0.3 is 0 Å². The molecule has 1 aliphatic rings. The molecule has 0 spiro atoms. The number of carbonyl (C=O) groups excluding carboxylic acids is 1. The van der Waals surface area contributed by atoms with E-state index in [-0.39, 0.29) is 36.4 Å². The molecule has 2 aromatic rings. The van der Waals surface area contributed by atoms with Gasteiger partial charge in [-0.3, -0.25) is 14.8 Å². The lowest BCUT2D eigenvalue weighted by atomic mass is 10.1. The summed E-state index contributed by atoms with van der Waals surface area (Å²) in [6.45, 7) is 5.67. The van der Waals surface area contributed by atoms with Crippen molar-refractivity contribution in [1.82, 2.24) is 20.1 Å². The SMILES string of the molecule is CCNC(=NCC(O)c1ccncc1)N1CCN(C(=O)Cc2cccc(Cl)c2)CC1.I. The van der Waals surface area contributed by atoms with E-state index < -0.39 is 6.10 Å². The lowest BCUT2D eigenvalue weighted by Gasteiger charge is -2.36. The van der Waals surface area contributed by atoms with Crippen molar-refractivity contribution in [2.45, 2.75) is 19.4 Å². The number of hydrogen-bond donors (Lipinski definition) is 2. The minimum absolute atomic E-state index is 0. The van der Waals surface area contributed by atoms with Gasteiger partial charge in [-0.15, -0.1) is 24.0 Å². The third kappa shape index (κ3) is 7.62. The number of aliphatic imine (C=N–C) groups is 1. The number of amides is 1. The van der Waals surface area contributed by atoms with Gasteiger partial charge in [0, 0.05) is 50.1 Å². The van der Waals surface area contributed by atoms with Gasteiger partial charge in [-0.05, 0) is 42.3 Å². The van der Waals surface area contributed by atoms with Crippen LogP contribution in [0.3, 0.4) is 0 Å². The molecule has 9 heteroatoms. The van der Waals surface area contributed by atoms with Gasteiger partial charge in [0.05, 0.1) is 19.1 Å². The highest BCUT2D eigenvalue weighted by Crippen LogP contribution is 2.14. The second kappa shape index (κ2) is 12.8. The number of guanidine groups is 1. The molecule has 1 fully saturated rings. The zero-order valence-corrected chi connectivity index (χ0v) is 20.7. The van der Waals surface area contributed by atoms with E-state index in [9.17, 15) is 9.90 Å². The van der Waals surface area contributed by atoms with Crippen molar-refractivity contribution in [2.24, 2.45) is 4.99 Å². The van der Waals surface area contributed by atoms with E-state index in [0.717, 1.165) is 23.6 Å². The number of halogens is 2. The maximum Gasteiger partial charge on any atom is 0.227 e. The molecule has 1 aliphatic heterocycles. The van der Waals surface area contributed by atoms with E-state index in [0.29, 0.717) is 37.6 Å². The Morgan fingerprint density at radius 1 is 1.19 bits per heavy atom. The summed E-state index contributed by atoms with van der Waals surface area (Å²) in [7, 11) is 0. The van der Waals surface area contributed by atoms with Gasteiger partial charge in [0.1, 0.15) is 0 Å². The van der Waals surface area contributed by atoms with Crippen LogP contribution >= 0.6 is 35.6 Å². The minimum atomic E-state index is -0.679. The summed E-state index contributed by atoms with van der Waals surface area (Å²) >= 11 is 6.02. The minimum Gasteiger partial charge on any atom is -0.386 e. The van der Waals surface area contributed by atoms with Crippen LogP contribution in [0, 0.1) is 0 Å². The largest absolute Gasteiger partial charge is 0.386 e. The molecule has 0 bridgehead atoms. The molecule has 0 aliphatic carbocycles. The number of rotatable bonds is 6. The average Bonchev–Trinajstić information content (AvgIpc) is 2.77. The van der Waals surface area contributed by atoms with Crippen LogP contribution < -0.4 is 5.32 Å². The lowest BCUT2D eigenvalue weighted by Crippen LogP contribution is -2.54. The van der Waals surface area contributed by atoms with Gasteiger partial charge in [0.15, 0.2) is 5.96 Å².